The lowest BCUT2D eigenvalue weighted by atomic mass is 9.76. The molecular formula is C26H26F8N2O6PS. The first-order chi connectivity index (χ1) is 20.1. The molecule has 18 heteroatoms. The Kier molecular flexibility index (Phi) is 7.71. The van der Waals surface area contributed by atoms with Gasteiger partial charge in [-0.15, -0.1) is 0 Å². The van der Waals surface area contributed by atoms with Crippen molar-refractivity contribution in [2.45, 2.75) is 59.9 Å². The summed E-state index contributed by atoms with van der Waals surface area (Å²) in [6, 6.07) is 3.79. The van der Waals surface area contributed by atoms with Crippen molar-refractivity contribution in [1.82, 2.24) is 4.90 Å². The molecule has 8 nitrogen and oxygen atoms in total. The first kappa shape index (κ1) is 32.9. The smallest absolute Gasteiger partial charge is 0.337 e. The summed E-state index contributed by atoms with van der Waals surface area (Å²) in [4.78, 5) is 24.6. The van der Waals surface area contributed by atoms with E-state index in [1.165, 1.54) is 11.8 Å². The number of nitrogens with two attached hydrogens (primary N) is 1. The van der Waals surface area contributed by atoms with Crippen LogP contribution < -0.4 is 5.50 Å². The number of halogens is 8. The molecule has 44 heavy (non-hydrogen) atoms. The van der Waals surface area contributed by atoms with Crippen LogP contribution in [0.1, 0.15) is 36.5 Å². The zero-order valence-corrected chi connectivity index (χ0v) is 24.5. The highest BCUT2D eigenvalue weighted by atomic mass is 32.2. The van der Waals surface area contributed by atoms with Crippen molar-refractivity contribution < 1.29 is 62.3 Å². The fraction of sp³-hybridized carbons (Fsp3) is 0.500. The molecule has 1 radical (unpaired) electrons. The third kappa shape index (κ3) is 4.81. The van der Waals surface area contributed by atoms with Crippen LogP contribution in [0.5, 0.6) is 0 Å². The molecule has 0 bridgehead atoms. The fourth-order valence-electron chi connectivity index (χ4n) is 6.32. The van der Waals surface area contributed by atoms with E-state index in [1.807, 2.05) is 0 Å². The predicted octanol–water partition coefficient (Wildman–Crippen LogP) is 5.01. The molecule has 2 atom stereocenters. The Labute approximate surface area is 246 Å². The minimum Gasteiger partial charge on any atom is -0.337 e. The van der Waals surface area contributed by atoms with E-state index in [4.69, 9.17) is 14.6 Å². The summed E-state index contributed by atoms with van der Waals surface area (Å²) >= 11 is 0. The molecule has 3 aliphatic rings. The van der Waals surface area contributed by atoms with E-state index in [2.05, 4.69) is 0 Å². The van der Waals surface area contributed by atoms with Gasteiger partial charge in [-0.2, -0.15) is 26.3 Å². The van der Waals surface area contributed by atoms with Crippen LogP contribution in [0.2, 0.25) is 0 Å². The summed E-state index contributed by atoms with van der Waals surface area (Å²) in [5.41, 5.74) is -3.94. The summed E-state index contributed by atoms with van der Waals surface area (Å²) in [6.07, 6.45) is -13.7. The van der Waals surface area contributed by atoms with Gasteiger partial charge in [-0.1, -0.05) is 18.2 Å². The first-order valence-corrected chi connectivity index (χ1v) is 16.2. The van der Waals surface area contributed by atoms with E-state index in [9.17, 15) is 53.2 Å². The zero-order valence-electron chi connectivity index (χ0n) is 22.8. The minimum atomic E-state index is -6.39. The Bertz CT molecular complexity index is 1560. The third-order valence-corrected chi connectivity index (χ3v) is 12.1. The highest BCUT2D eigenvalue weighted by Crippen LogP contribution is 2.58. The molecule has 0 saturated carbocycles. The monoisotopic (exact) mass is 677 g/mol. The van der Waals surface area contributed by atoms with Crippen LogP contribution in [0, 0.1) is 11.2 Å². The number of carbonyl (C=O) groups is 1. The summed E-state index contributed by atoms with van der Waals surface area (Å²) in [5, 5.41) is 0. The number of amides is 1. The number of fused-ring (bicyclic) bond motifs is 3. The highest BCUT2D eigenvalue weighted by Gasteiger charge is 2.74. The maximum atomic E-state index is 15.0. The number of aryl methyl sites for hydroxylation is 1. The Morgan fingerprint density at radius 3 is 2.14 bits per heavy atom. The van der Waals surface area contributed by atoms with Gasteiger partial charge in [0.25, 0.3) is 0 Å². The van der Waals surface area contributed by atoms with E-state index >= 15 is 0 Å². The lowest BCUT2D eigenvalue weighted by Crippen LogP contribution is -2.56. The summed E-state index contributed by atoms with van der Waals surface area (Å²) in [6.45, 7) is 0.434. The molecular weight excluding hydrogens is 651 g/mol. The number of benzene rings is 2. The van der Waals surface area contributed by atoms with Crippen molar-refractivity contribution in [2.75, 3.05) is 19.8 Å². The normalized spacial score (nSPS) is 29.7. The molecule has 1 amide bonds. The molecule has 2 aromatic carbocycles. The fourth-order valence-corrected chi connectivity index (χ4v) is 9.70. The second kappa shape index (κ2) is 10.3. The van der Waals surface area contributed by atoms with E-state index in [0.29, 0.717) is 6.07 Å². The Balaban J connectivity index is 1.66. The number of likely N-dealkylation sites (tertiary alicyclic amines) is 1. The molecule has 5 rings (SSSR count). The van der Waals surface area contributed by atoms with Gasteiger partial charge in [-0.25, -0.2) is 22.7 Å². The average molecular weight is 678 g/mol. The van der Waals surface area contributed by atoms with Crippen LogP contribution in [0.15, 0.2) is 47.4 Å². The lowest BCUT2D eigenvalue weighted by molar-refractivity contribution is -0.348. The van der Waals surface area contributed by atoms with Crippen molar-refractivity contribution in [1.29, 1.82) is 0 Å². The SMILES string of the molecule is CC1(C(=O)N2CC[C@@]3(S(=O)(=O)c4ccc(F)cc4)c4ccc(C(F)(C(F)(F)F)C(F)(F)F)cc4CC[C@@H]23)CO[P](N)(O)OC1. The van der Waals surface area contributed by atoms with Crippen molar-refractivity contribution in [3.05, 3.63) is 65.0 Å². The molecule has 0 unspecified atom stereocenters. The lowest BCUT2D eigenvalue weighted by Gasteiger charge is -2.46. The number of alkyl halides is 7. The van der Waals surface area contributed by atoms with Crippen molar-refractivity contribution in [3.8, 4) is 0 Å². The van der Waals surface area contributed by atoms with Gasteiger partial charge in [0.05, 0.1) is 29.6 Å². The zero-order chi connectivity index (χ0) is 32.7. The molecule has 0 spiro atoms. The summed E-state index contributed by atoms with van der Waals surface area (Å²) in [7, 11) is -8.32. The molecule has 243 valence electrons. The van der Waals surface area contributed by atoms with Gasteiger partial charge >= 0.3 is 26.1 Å². The van der Waals surface area contributed by atoms with Crippen LogP contribution in [0.4, 0.5) is 35.1 Å². The van der Waals surface area contributed by atoms with Gasteiger partial charge in [0.2, 0.25) is 5.91 Å². The highest BCUT2D eigenvalue weighted by molar-refractivity contribution is 7.92. The van der Waals surface area contributed by atoms with E-state index in [0.717, 1.165) is 30.3 Å². The molecule has 2 aliphatic heterocycles. The van der Waals surface area contributed by atoms with Crippen LogP contribution in [0.3, 0.4) is 0 Å². The topological polar surface area (TPSA) is 119 Å². The molecule has 3 N–H and O–H groups in total. The van der Waals surface area contributed by atoms with E-state index in [1.54, 1.807) is 0 Å². The van der Waals surface area contributed by atoms with Crippen molar-refractivity contribution >= 4 is 23.8 Å². The van der Waals surface area contributed by atoms with Crippen LogP contribution in [-0.2, 0) is 40.5 Å². The van der Waals surface area contributed by atoms with Gasteiger partial charge in [-0.3, -0.25) is 4.79 Å². The van der Waals surface area contributed by atoms with Crippen LogP contribution in [-0.4, -0.2) is 62.3 Å². The van der Waals surface area contributed by atoms with Crippen molar-refractivity contribution in [2.24, 2.45) is 10.9 Å². The summed E-state index contributed by atoms with van der Waals surface area (Å²) in [5.74, 6) is -1.43. The molecule has 2 fully saturated rings. The van der Waals surface area contributed by atoms with Gasteiger partial charge in [0, 0.05) is 12.1 Å². The number of hydrogen-bond donors (Lipinski definition) is 2. The second-order valence-electron chi connectivity index (χ2n) is 11.3. The molecule has 2 saturated heterocycles. The predicted molar refractivity (Wildman–Crippen MR) is 138 cm³/mol. The molecule has 2 heterocycles. The molecule has 0 aromatic heterocycles. The van der Waals surface area contributed by atoms with E-state index in [-0.39, 0.29) is 56.2 Å². The number of carbonyl (C=O) groups excluding carboxylic acids is 1. The van der Waals surface area contributed by atoms with Crippen LogP contribution >= 0.6 is 8.09 Å². The van der Waals surface area contributed by atoms with Gasteiger partial charge in [-0.05, 0) is 61.6 Å². The first-order valence-electron chi connectivity index (χ1n) is 13.1. The average Bonchev–Trinajstić information content (AvgIpc) is 3.34. The maximum Gasteiger partial charge on any atom is 0.435 e. The summed E-state index contributed by atoms with van der Waals surface area (Å²) < 4.78 is 147. The van der Waals surface area contributed by atoms with Gasteiger partial charge in [0.15, 0.2) is 9.84 Å². The number of sulfone groups is 1. The third-order valence-electron chi connectivity index (χ3n) is 8.58. The largest absolute Gasteiger partial charge is 0.435 e. The molecule has 2 aromatic rings. The number of hydrogen-bond acceptors (Lipinski definition) is 7. The number of nitrogens with zero attached hydrogens (tertiary/aromatic N) is 1. The number of rotatable bonds is 4. The van der Waals surface area contributed by atoms with Gasteiger partial charge < -0.3 is 18.8 Å². The Hall–Kier alpha value is -2.43. The van der Waals surface area contributed by atoms with Gasteiger partial charge in [0.1, 0.15) is 10.6 Å². The Morgan fingerprint density at radius 2 is 1.59 bits per heavy atom. The Morgan fingerprint density at radius 1 is 1.02 bits per heavy atom. The van der Waals surface area contributed by atoms with Crippen molar-refractivity contribution in [3.63, 3.8) is 0 Å². The maximum absolute atomic E-state index is 15.0. The standard InChI is InChI=1S/C26H26F8N2O6PS/c1-22(13-41-43(35,38)42-14-22)21(37)36-11-10-23(44(39,40)18-6-4-17(27)5-7-18)19-8-3-16(12-15(19)2-9-20(23)36)24(28,25(29,30)31)26(32,33)34/h3-8,12,20,38H,2,9-11,13-14,35H2,1H3/t20-,23-/m1/s1. The quantitative estimate of drug-likeness (QED) is 0.265. The minimum absolute atomic E-state index is 0.201. The van der Waals surface area contributed by atoms with Crippen LogP contribution in [0.25, 0.3) is 0 Å². The second-order valence-corrected chi connectivity index (χ2v) is 15.2. The molecule has 1 aliphatic carbocycles. The van der Waals surface area contributed by atoms with E-state index < -0.39 is 74.3 Å².